The number of benzene rings is 2. The average molecular weight is 245 g/mol. The number of hydrogen-bond acceptors (Lipinski definition) is 2. The first-order chi connectivity index (χ1) is 8.69. The van der Waals surface area contributed by atoms with Gasteiger partial charge in [-0.15, -0.1) is 0 Å². The van der Waals surface area contributed by atoms with Crippen LogP contribution in [0.3, 0.4) is 0 Å². The highest BCUT2D eigenvalue weighted by atomic mass is 19.1. The van der Waals surface area contributed by atoms with Gasteiger partial charge in [-0.2, -0.15) is 0 Å². The van der Waals surface area contributed by atoms with Crippen LogP contribution in [0.2, 0.25) is 0 Å². The molecule has 0 spiro atoms. The lowest BCUT2D eigenvalue weighted by Crippen LogP contribution is -2.00. The van der Waals surface area contributed by atoms with Crippen molar-refractivity contribution in [2.24, 2.45) is 0 Å². The van der Waals surface area contributed by atoms with E-state index in [0.717, 1.165) is 5.69 Å². The van der Waals surface area contributed by atoms with Gasteiger partial charge in [0, 0.05) is 18.3 Å². The Labute approximate surface area is 106 Å². The molecule has 0 aliphatic carbocycles. The van der Waals surface area contributed by atoms with E-state index in [4.69, 9.17) is 4.74 Å². The minimum Gasteiger partial charge on any atom is -0.494 e. The van der Waals surface area contributed by atoms with Gasteiger partial charge in [-0.05, 0) is 24.6 Å². The Morgan fingerprint density at radius 1 is 1.17 bits per heavy atom. The van der Waals surface area contributed by atoms with Gasteiger partial charge in [0.25, 0.3) is 0 Å². The fourth-order valence-electron chi connectivity index (χ4n) is 1.80. The van der Waals surface area contributed by atoms with Gasteiger partial charge >= 0.3 is 0 Å². The van der Waals surface area contributed by atoms with Crippen molar-refractivity contribution in [3.63, 3.8) is 0 Å². The minimum absolute atomic E-state index is 0.260. The van der Waals surface area contributed by atoms with Crippen molar-refractivity contribution in [3.05, 3.63) is 59.4 Å². The van der Waals surface area contributed by atoms with E-state index >= 15 is 0 Å². The van der Waals surface area contributed by atoms with Crippen LogP contribution in [0.1, 0.15) is 11.1 Å². The van der Waals surface area contributed by atoms with E-state index < -0.39 is 0 Å². The van der Waals surface area contributed by atoms with E-state index in [1.807, 2.05) is 12.1 Å². The van der Waals surface area contributed by atoms with Gasteiger partial charge in [-0.3, -0.25) is 0 Å². The molecule has 0 aliphatic heterocycles. The highest BCUT2D eigenvalue weighted by Gasteiger charge is 2.03. The van der Waals surface area contributed by atoms with E-state index in [2.05, 4.69) is 24.4 Å². The SMILES string of the molecule is COc1ccc(NCc2cccc(C)c2)cc1F. The summed E-state index contributed by atoms with van der Waals surface area (Å²) in [4.78, 5) is 0. The summed E-state index contributed by atoms with van der Waals surface area (Å²) in [6.07, 6.45) is 0. The number of aryl methyl sites for hydroxylation is 1. The van der Waals surface area contributed by atoms with Gasteiger partial charge in [0.1, 0.15) is 0 Å². The molecule has 0 saturated heterocycles. The number of rotatable bonds is 4. The number of anilines is 1. The summed E-state index contributed by atoms with van der Waals surface area (Å²) in [5.74, 6) is -0.0946. The Kier molecular flexibility index (Phi) is 3.82. The van der Waals surface area contributed by atoms with Crippen molar-refractivity contribution in [1.82, 2.24) is 0 Å². The Hall–Kier alpha value is -2.03. The minimum atomic E-state index is -0.355. The average Bonchev–Trinajstić information content (AvgIpc) is 2.37. The fraction of sp³-hybridized carbons (Fsp3) is 0.200. The fourth-order valence-corrected chi connectivity index (χ4v) is 1.80. The standard InChI is InChI=1S/C15H16FNO/c1-11-4-3-5-12(8-11)10-17-13-6-7-15(18-2)14(16)9-13/h3-9,17H,10H2,1-2H3. The molecule has 0 fully saturated rings. The first kappa shape index (κ1) is 12.4. The van der Waals surface area contributed by atoms with E-state index in [0.29, 0.717) is 6.54 Å². The summed E-state index contributed by atoms with van der Waals surface area (Å²) < 4.78 is 18.4. The quantitative estimate of drug-likeness (QED) is 0.885. The Balaban J connectivity index is 2.04. The molecular weight excluding hydrogens is 229 g/mol. The van der Waals surface area contributed by atoms with Crippen LogP contribution in [0.15, 0.2) is 42.5 Å². The molecule has 2 aromatic carbocycles. The first-order valence-electron chi connectivity index (χ1n) is 5.82. The van der Waals surface area contributed by atoms with Crippen molar-refractivity contribution < 1.29 is 9.13 Å². The molecule has 94 valence electrons. The van der Waals surface area contributed by atoms with Gasteiger partial charge in [0.05, 0.1) is 7.11 Å². The third kappa shape index (κ3) is 3.00. The molecule has 18 heavy (non-hydrogen) atoms. The van der Waals surface area contributed by atoms with Crippen LogP contribution in [0.4, 0.5) is 10.1 Å². The first-order valence-corrected chi connectivity index (χ1v) is 5.82. The summed E-state index contributed by atoms with van der Waals surface area (Å²) in [5.41, 5.74) is 3.14. The summed E-state index contributed by atoms with van der Waals surface area (Å²) >= 11 is 0. The molecular formula is C15H16FNO. The van der Waals surface area contributed by atoms with Crippen molar-refractivity contribution >= 4 is 5.69 Å². The van der Waals surface area contributed by atoms with Gasteiger partial charge in [0.15, 0.2) is 11.6 Å². The number of halogens is 1. The molecule has 2 nitrogen and oxygen atoms in total. The maximum absolute atomic E-state index is 13.5. The monoisotopic (exact) mass is 245 g/mol. The Morgan fingerprint density at radius 3 is 2.67 bits per heavy atom. The second-order valence-electron chi connectivity index (χ2n) is 4.19. The van der Waals surface area contributed by atoms with E-state index in [-0.39, 0.29) is 11.6 Å². The highest BCUT2D eigenvalue weighted by Crippen LogP contribution is 2.21. The van der Waals surface area contributed by atoms with Gasteiger partial charge in [0.2, 0.25) is 0 Å². The van der Waals surface area contributed by atoms with Crippen LogP contribution < -0.4 is 10.1 Å². The summed E-state index contributed by atoms with van der Waals surface area (Å²) in [6.45, 7) is 2.73. The van der Waals surface area contributed by atoms with Crippen molar-refractivity contribution in [3.8, 4) is 5.75 Å². The summed E-state index contributed by atoms with van der Waals surface area (Å²) in [7, 11) is 1.46. The predicted molar refractivity (Wildman–Crippen MR) is 71.5 cm³/mol. The third-order valence-electron chi connectivity index (χ3n) is 2.73. The zero-order valence-electron chi connectivity index (χ0n) is 10.5. The molecule has 1 N–H and O–H groups in total. The molecule has 0 unspecified atom stereocenters. The molecule has 0 radical (unpaired) electrons. The van der Waals surface area contributed by atoms with Crippen molar-refractivity contribution in [2.45, 2.75) is 13.5 Å². The highest BCUT2D eigenvalue weighted by molar-refractivity contribution is 5.47. The second kappa shape index (κ2) is 5.54. The van der Waals surface area contributed by atoms with E-state index in [1.54, 1.807) is 12.1 Å². The van der Waals surface area contributed by atoms with Gasteiger partial charge in [-0.25, -0.2) is 4.39 Å². The maximum atomic E-state index is 13.5. The topological polar surface area (TPSA) is 21.3 Å². The van der Waals surface area contributed by atoms with Crippen LogP contribution in [-0.2, 0) is 6.54 Å². The molecule has 0 atom stereocenters. The summed E-state index contributed by atoms with van der Waals surface area (Å²) in [6, 6.07) is 13.1. The molecule has 0 aromatic heterocycles. The van der Waals surface area contributed by atoms with Crippen LogP contribution >= 0.6 is 0 Å². The number of methoxy groups -OCH3 is 1. The lowest BCUT2D eigenvalue weighted by atomic mass is 10.1. The third-order valence-corrected chi connectivity index (χ3v) is 2.73. The molecule has 0 bridgehead atoms. The smallest absolute Gasteiger partial charge is 0.167 e. The zero-order chi connectivity index (χ0) is 13.0. The second-order valence-corrected chi connectivity index (χ2v) is 4.19. The molecule has 0 aliphatic rings. The van der Waals surface area contributed by atoms with Crippen molar-refractivity contribution in [2.75, 3.05) is 12.4 Å². The normalized spacial score (nSPS) is 10.2. The lowest BCUT2D eigenvalue weighted by molar-refractivity contribution is 0.386. The van der Waals surface area contributed by atoms with Crippen LogP contribution in [0.5, 0.6) is 5.75 Å². The predicted octanol–water partition coefficient (Wildman–Crippen LogP) is 3.75. The largest absolute Gasteiger partial charge is 0.494 e. The van der Waals surface area contributed by atoms with Gasteiger partial charge in [-0.1, -0.05) is 29.8 Å². The molecule has 0 amide bonds. The Morgan fingerprint density at radius 2 is 2.00 bits per heavy atom. The number of hydrogen-bond donors (Lipinski definition) is 1. The Bertz CT molecular complexity index is 540. The zero-order valence-corrected chi connectivity index (χ0v) is 10.5. The number of ether oxygens (including phenoxy) is 1. The molecule has 2 rings (SSSR count). The van der Waals surface area contributed by atoms with Crippen LogP contribution in [-0.4, -0.2) is 7.11 Å². The lowest BCUT2D eigenvalue weighted by Gasteiger charge is -2.09. The maximum Gasteiger partial charge on any atom is 0.167 e. The number of nitrogens with one attached hydrogen (secondary N) is 1. The molecule has 2 aromatic rings. The summed E-state index contributed by atoms with van der Waals surface area (Å²) in [5, 5.41) is 3.18. The van der Waals surface area contributed by atoms with E-state index in [1.165, 1.54) is 24.3 Å². The van der Waals surface area contributed by atoms with Crippen LogP contribution in [0.25, 0.3) is 0 Å². The van der Waals surface area contributed by atoms with Crippen LogP contribution in [0, 0.1) is 12.7 Å². The molecule has 0 saturated carbocycles. The molecule has 0 heterocycles. The van der Waals surface area contributed by atoms with Crippen molar-refractivity contribution in [1.29, 1.82) is 0 Å². The van der Waals surface area contributed by atoms with Gasteiger partial charge < -0.3 is 10.1 Å². The molecule has 3 heteroatoms. The van der Waals surface area contributed by atoms with E-state index in [9.17, 15) is 4.39 Å².